The fourth-order valence-corrected chi connectivity index (χ4v) is 1.72. The van der Waals surface area contributed by atoms with Crippen molar-refractivity contribution in [1.29, 1.82) is 0 Å². The molecule has 0 radical (unpaired) electrons. The number of aromatic nitrogens is 2. The highest BCUT2D eigenvalue weighted by atomic mass is 32.2. The molecule has 0 fully saturated rings. The summed E-state index contributed by atoms with van der Waals surface area (Å²) in [4.78, 5) is 6.53. The Labute approximate surface area is 101 Å². The molecule has 10 heteroatoms. The van der Waals surface area contributed by atoms with Gasteiger partial charge in [0.2, 0.25) is 5.88 Å². The van der Waals surface area contributed by atoms with Gasteiger partial charge in [-0.05, 0) is 0 Å². The predicted octanol–water partition coefficient (Wildman–Crippen LogP) is 0.980. The minimum absolute atomic E-state index is 0.360. The molecule has 0 bridgehead atoms. The molecule has 1 aromatic heterocycles. The molecule has 1 aromatic rings. The summed E-state index contributed by atoms with van der Waals surface area (Å²) >= 11 is 0. The molecule has 1 rings (SSSR count). The average molecular weight is 286 g/mol. The number of hydrogen-bond acceptors (Lipinski definition) is 6. The molecule has 0 amide bonds. The monoisotopic (exact) mass is 286 g/mol. The molecule has 0 aliphatic heterocycles. The van der Waals surface area contributed by atoms with E-state index in [1.807, 2.05) is 0 Å². The molecule has 1 heterocycles. The van der Waals surface area contributed by atoms with Gasteiger partial charge in [0.25, 0.3) is 10.1 Å². The Morgan fingerprint density at radius 3 is 2.39 bits per heavy atom. The van der Waals surface area contributed by atoms with E-state index in [4.69, 9.17) is 0 Å². The zero-order valence-electron chi connectivity index (χ0n) is 9.35. The fourth-order valence-electron chi connectivity index (χ4n) is 1.06. The molecule has 0 atom stereocenters. The summed E-state index contributed by atoms with van der Waals surface area (Å²) in [5, 5.41) is 0. The van der Waals surface area contributed by atoms with Gasteiger partial charge in [-0.3, -0.25) is 9.17 Å². The molecule has 0 saturated carbocycles. The molecule has 0 N–H and O–H groups in total. The second kappa shape index (κ2) is 5.06. The summed E-state index contributed by atoms with van der Waals surface area (Å²) in [5.74, 6) is -1.38. The van der Waals surface area contributed by atoms with Crippen molar-refractivity contribution in [3.8, 4) is 5.88 Å². The molecule has 0 unspecified atom stereocenters. The van der Waals surface area contributed by atoms with Crippen LogP contribution < -0.4 is 4.74 Å². The van der Waals surface area contributed by atoms with Gasteiger partial charge in [-0.2, -0.15) is 21.6 Å². The van der Waals surface area contributed by atoms with E-state index in [0.29, 0.717) is 0 Å². The van der Waals surface area contributed by atoms with Gasteiger partial charge in [-0.15, -0.1) is 0 Å². The Morgan fingerprint density at radius 2 is 1.94 bits per heavy atom. The van der Waals surface area contributed by atoms with Gasteiger partial charge in [0.15, 0.2) is 5.69 Å². The minimum atomic E-state index is -4.83. The fraction of sp³-hybridized carbons (Fsp3) is 0.500. The number of ether oxygens (including phenoxy) is 1. The summed E-state index contributed by atoms with van der Waals surface area (Å²) in [5.41, 5.74) is -2.16. The van der Waals surface area contributed by atoms with Gasteiger partial charge in [0, 0.05) is 0 Å². The van der Waals surface area contributed by atoms with E-state index in [1.165, 1.54) is 0 Å². The van der Waals surface area contributed by atoms with Crippen LogP contribution in [0.3, 0.4) is 0 Å². The van der Waals surface area contributed by atoms with Crippen molar-refractivity contribution in [1.82, 2.24) is 9.97 Å². The van der Waals surface area contributed by atoms with Crippen LogP contribution in [-0.4, -0.2) is 32.6 Å². The summed E-state index contributed by atoms with van der Waals surface area (Å²) in [6, 6.07) is 0. The molecule has 6 nitrogen and oxygen atoms in total. The molecule has 0 saturated heterocycles. The lowest BCUT2D eigenvalue weighted by atomic mass is 10.3. The third-order valence-corrected chi connectivity index (χ3v) is 3.01. The van der Waals surface area contributed by atoms with E-state index in [0.717, 1.165) is 20.4 Å². The standard InChI is InChI=1S/C8H9F3N2O4S/c1-16-6-3-12-5(4-18(14,15)17-2)7(13-6)8(9,10)11/h3H,4H2,1-2H3. The van der Waals surface area contributed by atoms with Crippen LogP contribution in [0.4, 0.5) is 13.2 Å². The van der Waals surface area contributed by atoms with Gasteiger partial charge in [0.1, 0.15) is 5.75 Å². The van der Waals surface area contributed by atoms with Crippen LogP contribution in [0, 0.1) is 0 Å². The van der Waals surface area contributed by atoms with Crippen molar-refractivity contribution < 1.29 is 30.5 Å². The van der Waals surface area contributed by atoms with Crippen LogP contribution in [0.25, 0.3) is 0 Å². The molecule has 102 valence electrons. The number of hydrogen-bond donors (Lipinski definition) is 0. The van der Waals surface area contributed by atoms with Crippen LogP contribution in [0.1, 0.15) is 11.4 Å². The highest BCUT2D eigenvalue weighted by molar-refractivity contribution is 7.85. The molecular formula is C8H9F3N2O4S. The number of alkyl halides is 3. The van der Waals surface area contributed by atoms with E-state index >= 15 is 0 Å². The van der Waals surface area contributed by atoms with Crippen LogP contribution >= 0.6 is 0 Å². The highest BCUT2D eigenvalue weighted by Gasteiger charge is 2.38. The predicted molar refractivity (Wildman–Crippen MR) is 53.2 cm³/mol. The summed E-state index contributed by atoms with van der Waals surface area (Å²) in [7, 11) is -2.15. The maximum atomic E-state index is 12.7. The van der Waals surface area contributed by atoms with E-state index in [1.54, 1.807) is 0 Å². The van der Waals surface area contributed by atoms with E-state index in [-0.39, 0.29) is 5.88 Å². The van der Waals surface area contributed by atoms with Gasteiger partial charge in [0.05, 0.1) is 26.1 Å². The summed E-state index contributed by atoms with van der Waals surface area (Å²) in [6.45, 7) is 0. The van der Waals surface area contributed by atoms with Crippen LogP contribution in [0.15, 0.2) is 6.20 Å². The number of halogens is 3. The summed E-state index contributed by atoms with van der Waals surface area (Å²) < 4.78 is 68.8. The van der Waals surface area contributed by atoms with Crippen LogP contribution in [-0.2, 0) is 26.2 Å². The Kier molecular flexibility index (Phi) is 4.12. The average Bonchev–Trinajstić information content (AvgIpc) is 2.27. The molecule has 0 spiro atoms. The zero-order valence-corrected chi connectivity index (χ0v) is 10.2. The lowest BCUT2D eigenvalue weighted by molar-refractivity contribution is -0.142. The van der Waals surface area contributed by atoms with E-state index in [2.05, 4.69) is 18.9 Å². The van der Waals surface area contributed by atoms with Gasteiger partial charge in [-0.25, -0.2) is 4.98 Å². The SMILES string of the molecule is COc1cnc(CS(=O)(=O)OC)c(C(F)(F)F)n1. The first kappa shape index (κ1) is 14.6. The quantitative estimate of drug-likeness (QED) is 0.768. The number of methoxy groups -OCH3 is 1. The third kappa shape index (κ3) is 3.53. The minimum Gasteiger partial charge on any atom is -0.480 e. The van der Waals surface area contributed by atoms with Crippen molar-refractivity contribution in [2.45, 2.75) is 11.9 Å². The summed E-state index contributed by atoms with van der Waals surface area (Å²) in [6.07, 6.45) is -3.93. The van der Waals surface area contributed by atoms with E-state index < -0.39 is 33.4 Å². The Balaban J connectivity index is 3.28. The first-order chi connectivity index (χ1) is 8.19. The maximum Gasteiger partial charge on any atom is 0.435 e. The lowest BCUT2D eigenvalue weighted by Crippen LogP contribution is -2.17. The first-order valence-corrected chi connectivity index (χ1v) is 6.02. The first-order valence-electron chi connectivity index (χ1n) is 4.45. The van der Waals surface area contributed by atoms with Crippen molar-refractivity contribution in [3.05, 3.63) is 17.6 Å². The Bertz CT molecular complexity index is 530. The smallest absolute Gasteiger partial charge is 0.435 e. The van der Waals surface area contributed by atoms with Crippen molar-refractivity contribution in [2.24, 2.45) is 0 Å². The Morgan fingerprint density at radius 1 is 1.33 bits per heavy atom. The van der Waals surface area contributed by atoms with Gasteiger partial charge < -0.3 is 4.74 Å². The van der Waals surface area contributed by atoms with Crippen LogP contribution in [0.5, 0.6) is 5.88 Å². The largest absolute Gasteiger partial charge is 0.480 e. The normalized spacial score (nSPS) is 12.5. The molecular weight excluding hydrogens is 277 g/mol. The van der Waals surface area contributed by atoms with Gasteiger partial charge >= 0.3 is 6.18 Å². The van der Waals surface area contributed by atoms with Crippen molar-refractivity contribution in [3.63, 3.8) is 0 Å². The van der Waals surface area contributed by atoms with E-state index in [9.17, 15) is 21.6 Å². The van der Waals surface area contributed by atoms with Crippen LogP contribution in [0.2, 0.25) is 0 Å². The molecule has 18 heavy (non-hydrogen) atoms. The van der Waals surface area contributed by atoms with Gasteiger partial charge in [-0.1, -0.05) is 0 Å². The topological polar surface area (TPSA) is 78.4 Å². The lowest BCUT2D eigenvalue weighted by Gasteiger charge is -2.11. The van der Waals surface area contributed by atoms with Crippen molar-refractivity contribution in [2.75, 3.05) is 14.2 Å². The number of rotatable bonds is 4. The maximum absolute atomic E-state index is 12.7. The second-order valence-electron chi connectivity index (χ2n) is 3.07. The molecule has 0 aliphatic carbocycles. The molecule has 0 aromatic carbocycles. The molecule has 0 aliphatic rings. The second-order valence-corrected chi connectivity index (χ2v) is 4.81. The zero-order chi connectivity index (χ0) is 14.0. The highest BCUT2D eigenvalue weighted by Crippen LogP contribution is 2.31. The number of nitrogens with zero attached hydrogens (tertiary/aromatic N) is 2. The third-order valence-electron chi connectivity index (χ3n) is 1.87. The Hall–Kier alpha value is -1.42. The van der Waals surface area contributed by atoms with Crippen molar-refractivity contribution >= 4 is 10.1 Å².